The van der Waals surface area contributed by atoms with E-state index >= 15 is 0 Å². The molecular formula is C19H18N2O4S. The first-order valence-electron chi connectivity index (χ1n) is 7.82. The maximum atomic E-state index is 11.4. The number of aromatic nitrogens is 1. The number of rotatable bonds is 6. The molecule has 0 bridgehead atoms. The number of nitrogens with two attached hydrogens (primary N) is 1. The van der Waals surface area contributed by atoms with E-state index in [0.29, 0.717) is 29.5 Å². The number of pyridine rings is 1. The zero-order valence-corrected chi connectivity index (χ0v) is 14.9. The minimum Gasteiger partial charge on any atom is -0.487 e. The average molecular weight is 370 g/mol. The molecule has 26 heavy (non-hydrogen) atoms. The van der Waals surface area contributed by atoms with Gasteiger partial charge in [0.2, 0.25) is 0 Å². The van der Waals surface area contributed by atoms with Crippen LogP contribution in [0.15, 0.2) is 71.9 Å². The fourth-order valence-electron chi connectivity index (χ4n) is 2.22. The summed E-state index contributed by atoms with van der Waals surface area (Å²) in [5.41, 5.74) is 7.48. The fourth-order valence-corrected chi connectivity index (χ4v) is 2.78. The van der Waals surface area contributed by atoms with Gasteiger partial charge in [-0.3, -0.25) is 0 Å². The molecule has 1 heterocycles. The first-order chi connectivity index (χ1) is 12.4. The van der Waals surface area contributed by atoms with Crippen LogP contribution in [0.4, 0.5) is 5.69 Å². The van der Waals surface area contributed by atoms with Gasteiger partial charge in [-0.05, 0) is 29.8 Å². The first-order valence-corrected chi connectivity index (χ1v) is 9.71. The molecule has 3 rings (SSSR count). The summed E-state index contributed by atoms with van der Waals surface area (Å²) in [5.74, 6) is 1.43. The molecule has 0 saturated carbocycles. The minimum atomic E-state index is -3.34. The second-order valence-corrected chi connectivity index (χ2v) is 7.64. The smallest absolute Gasteiger partial charge is 0.192 e. The molecule has 0 aliphatic rings. The van der Waals surface area contributed by atoms with E-state index in [1.165, 1.54) is 12.3 Å². The Morgan fingerprint density at radius 3 is 2.38 bits per heavy atom. The third-order valence-corrected chi connectivity index (χ3v) is 4.55. The lowest BCUT2D eigenvalue weighted by Crippen LogP contribution is -2.00. The number of benzene rings is 2. The topological polar surface area (TPSA) is 91.5 Å². The molecule has 6 nitrogen and oxygen atoms in total. The molecule has 2 N–H and O–H groups in total. The number of hydrogen-bond acceptors (Lipinski definition) is 6. The van der Waals surface area contributed by atoms with Crippen molar-refractivity contribution in [2.45, 2.75) is 11.6 Å². The second-order valence-electron chi connectivity index (χ2n) is 5.68. The lowest BCUT2D eigenvalue weighted by Gasteiger charge is -2.12. The lowest BCUT2D eigenvalue weighted by atomic mass is 10.2. The van der Waals surface area contributed by atoms with Crippen LogP contribution < -0.4 is 15.2 Å². The molecule has 0 fully saturated rings. The Morgan fingerprint density at radius 2 is 1.73 bits per heavy atom. The molecule has 0 spiro atoms. The Kier molecular flexibility index (Phi) is 5.09. The lowest BCUT2D eigenvalue weighted by molar-refractivity contribution is 0.306. The van der Waals surface area contributed by atoms with Crippen molar-refractivity contribution in [3.05, 3.63) is 72.4 Å². The van der Waals surface area contributed by atoms with Crippen molar-refractivity contribution in [2.75, 3.05) is 12.0 Å². The highest BCUT2D eigenvalue weighted by atomic mass is 32.2. The van der Waals surface area contributed by atoms with Gasteiger partial charge in [-0.25, -0.2) is 13.4 Å². The Bertz CT molecular complexity index is 988. The standard InChI is InChI=1S/C19H18N2O4S/c1-26(22,23)19-10-8-16(12-21-19)25-15-7-9-17(20)18(11-15)24-13-14-5-3-2-4-6-14/h2-12H,13,20H2,1H3. The van der Waals surface area contributed by atoms with E-state index in [0.717, 1.165) is 11.8 Å². The summed E-state index contributed by atoms with van der Waals surface area (Å²) >= 11 is 0. The van der Waals surface area contributed by atoms with Gasteiger partial charge in [0.05, 0.1) is 11.9 Å². The van der Waals surface area contributed by atoms with Crippen molar-refractivity contribution in [1.29, 1.82) is 0 Å². The van der Waals surface area contributed by atoms with E-state index in [1.54, 1.807) is 24.3 Å². The van der Waals surface area contributed by atoms with Gasteiger partial charge in [-0.2, -0.15) is 0 Å². The van der Waals surface area contributed by atoms with Crippen LogP contribution in [0.5, 0.6) is 17.2 Å². The monoisotopic (exact) mass is 370 g/mol. The molecule has 7 heteroatoms. The van der Waals surface area contributed by atoms with Crippen molar-refractivity contribution in [3.63, 3.8) is 0 Å². The molecule has 0 aliphatic carbocycles. The van der Waals surface area contributed by atoms with Crippen LogP contribution in [0.1, 0.15) is 5.56 Å². The van der Waals surface area contributed by atoms with Gasteiger partial charge < -0.3 is 15.2 Å². The molecule has 1 aromatic heterocycles. The number of ether oxygens (including phenoxy) is 2. The predicted molar refractivity (Wildman–Crippen MR) is 99.0 cm³/mol. The maximum Gasteiger partial charge on any atom is 0.192 e. The molecule has 0 unspecified atom stereocenters. The Hall–Kier alpha value is -3.06. The highest BCUT2D eigenvalue weighted by Gasteiger charge is 2.09. The Labute approximate surface area is 152 Å². The fraction of sp³-hybridized carbons (Fsp3) is 0.105. The molecular weight excluding hydrogens is 352 g/mol. The van der Waals surface area contributed by atoms with Gasteiger partial charge in [0, 0.05) is 12.3 Å². The Morgan fingerprint density at radius 1 is 1.00 bits per heavy atom. The van der Waals surface area contributed by atoms with E-state index in [4.69, 9.17) is 15.2 Å². The largest absolute Gasteiger partial charge is 0.487 e. The van der Waals surface area contributed by atoms with Gasteiger partial charge in [0.1, 0.15) is 23.9 Å². The van der Waals surface area contributed by atoms with Gasteiger partial charge in [0.15, 0.2) is 14.9 Å². The SMILES string of the molecule is CS(=O)(=O)c1ccc(Oc2ccc(N)c(OCc3ccccc3)c2)cn1. The van der Waals surface area contributed by atoms with E-state index in [2.05, 4.69) is 4.98 Å². The molecule has 134 valence electrons. The van der Waals surface area contributed by atoms with Crippen LogP contribution in [-0.2, 0) is 16.4 Å². The molecule has 3 aromatic rings. The van der Waals surface area contributed by atoms with Gasteiger partial charge >= 0.3 is 0 Å². The normalized spacial score (nSPS) is 11.1. The third kappa shape index (κ3) is 4.52. The van der Waals surface area contributed by atoms with E-state index < -0.39 is 9.84 Å². The summed E-state index contributed by atoms with van der Waals surface area (Å²) in [6, 6.07) is 17.8. The van der Waals surface area contributed by atoms with E-state index in [-0.39, 0.29) is 5.03 Å². The zero-order valence-electron chi connectivity index (χ0n) is 14.1. The van der Waals surface area contributed by atoms with E-state index in [9.17, 15) is 8.42 Å². The molecule has 0 atom stereocenters. The van der Waals surface area contributed by atoms with Crippen molar-refractivity contribution in [1.82, 2.24) is 4.98 Å². The van der Waals surface area contributed by atoms with Crippen molar-refractivity contribution in [3.8, 4) is 17.2 Å². The average Bonchev–Trinajstić information content (AvgIpc) is 2.63. The summed E-state index contributed by atoms with van der Waals surface area (Å²) in [6.07, 6.45) is 2.46. The summed E-state index contributed by atoms with van der Waals surface area (Å²) in [5, 5.41) is -0.00552. The third-order valence-electron chi connectivity index (χ3n) is 3.55. The maximum absolute atomic E-state index is 11.4. The van der Waals surface area contributed by atoms with Gasteiger partial charge in [-0.1, -0.05) is 30.3 Å². The second kappa shape index (κ2) is 7.45. The van der Waals surface area contributed by atoms with Gasteiger partial charge in [0.25, 0.3) is 0 Å². The number of nitrogen functional groups attached to an aromatic ring is 1. The Balaban J connectivity index is 1.73. The quantitative estimate of drug-likeness (QED) is 0.668. The minimum absolute atomic E-state index is 0.00552. The van der Waals surface area contributed by atoms with Crippen molar-refractivity contribution in [2.24, 2.45) is 0 Å². The molecule has 0 saturated heterocycles. The number of anilines is 1. The summed E-state index contributed by atoms with van der Waals surface area (Å²) in [7, 11) is -3.34. The summed E-state index contributed by atoms with van der Waals surface area (Å²) < 4.78 is 34.3. The highest BCUT2D eigenvalue weighted by Crippen LogP contribution is 2.30. The van der Waals surface area contributed by atoms with Crippen LogP contribution in [0.25, 0.3) is 0 Å². The van der Waals surface area contributed by atoms with Crippen LogP contribution >= 0.6 is 0 Å². The van der Waals surface area contributed by atoms with Crippen molar-refractivity contribution < 1.29 is 17.9 Å². The summed E-state index contributed by atoms with van der Waals surface area (Å²) in [4.78, 5) is 3.89. The predicted octanol–water partition coefficient (Wildman–Crippen LogP) is 3.44. The first kappa shape index (κ1) is 17.8. The van der Waals surface area contributed by atoms with Crippen LogP contribution in [-0.4, -0.2) is 19.7 Å². The van der Waals surface area contributed by atoms with Gasteiger partial charge in [-0.15, -0.1) is 0 Å². The summed E-state index contributed by atoms with van der Waals surface area (Å²) in [6.45, 7) is 0.388. The molecule has 0 radical (unpaired) electrons. The van der Waals surface area contributed by atoms with Crippen LogP contribution in [0.2, 0.25) is 0 Å². The van der Waals surface area contributed by atoms with Crippen molar-refractivity contribution >= 4 is 15.5 Å². The zero-order chi connectivity index (χ0) is 18.6. The number of hydrogen-bond donors (Lipinski definition) is 1. The number of nitrogens with zero attached hydrogens (tertiary/aromatic N) is 1. The van der Waals surface area contributed by atoms with E-state index in [1.807, 2.05) is 30.3 Å². The van der Waals surface area contributed by atoms with Crippen LogP contribution in [0.3, 0.4) is 0 Å². The molecule has 2 aromatic carbocycles. The number of sulfone groups is 1. The molecule has 0 amide bonds. The molecule has 0 aliphatic heterocycles. The van der Waals surface area contributed by atoms with Crippen LogP contribution in [0, 0.1) is 0 Å². The highest BCUT2D eigenvalue weighted by molar-refractivity contribution is 7.90.